The number of rotatable bonds is 8. The molecule has 32 heavy (non-hydrogen) atoms. The predicted molar refractivity (Wildman–Crippen MR) is 122 cm³/mol. The zero-order chi connectivity index (χ0) is 22.7. The first-order chi connectivity index (χ1) is 15.5. The number of nitrogens with zero attached hydrogens (tertiary/aromatic N) is 4. The largest absolute Gasteiger partial charge is 0.385 e. The second-order valence-corrected chi connectivity index (χ2v) is 8.40. The van der Waals surface area contributed by atoms with Gasteiger partial charge in [-0.2, -0.15) is 4.98 Å². The molecule has 0 aliphatic heterocycles. The van der Waals surface area contributed by atoms with E-state index in [-0.39, 0.29) is 18.0 Å². The van der Waals surface area contributed by atoms with Crippen molar-refractivity contribution in [2.45, 2.75) is 26.8 Å². The van der Waals surface area contributed by atoms with Gasteiger partial charge in [0.15, 0.2) is 0 Å². The number of hydrogen-bond donors (Lipinski definition) is 1. The number of amides is 1. The molecule has 3 heterocycles. The van der Waals surface area contributed by atoms with Gasteiger partial charge in [-0.05, 0) is 31.9 Å². The summed E-state index contributed by atoms with van der Waals surface area (Å²) in [4.78, 5) is 35.4. The molecular formula is C22H23N5O4S. The molecule has 10 heteroatoms. The molecule has 0 saturated carbocycles. The topological polar surface area (TPSA) is 112 Å². The Labute approximate surface area is 188 Å². The van der Waals surface area contributed by atoms with Crippen molar-refractivity contribution in [1.82, 2.24) is 25.0 Å². The Morgan fingerprint density at radius 2 is 2.16 bits per heavy atom. The molecule has 0 spiro atoms. The van der Waals surface area contributed by atoms with Gasteiger partial charge < -0.3 is 14.6 Å². The minimum absolute atomic E-state index is 0.0998. The number of carbonyl (C=O) groups is 1. The second-order valence-electron chi connectivity index (χ2n) is 7.40. The monoisotopic (exact) mass is 453 g/mol. The number of hydrogen-bond acceptors (Lipinski definition) is 8. The van der Waals surface area contributed by atoms with E-state index in [1.54, 1.807) is 7.11 Å². The lowest BCUT2D eigenvalue weighted by Crippen LogP contribution is -2.33. The van der Waals surface area contributed by atoms with Crippen molar-refractivity contribution in [3.8, 4) is 22.2 Å². The van der Waals surface area contributed by atoms with Crippen LogP contribution in [0.1, 0.15) is 17.5 Å². The van der Waals surface area contributed by atoms with E-state index in [0.717, 1.165) is 11.1 Å². The van der Waals surface area contributed by atoms with Gasteiger partial charge in [-0.3, -0.25) is 14.2 Å². The van der Waals surface area contributed by atoms with Gasteiger partial charge in [-0.25, -0.2) is 4.98 Å². The van der Waals surface area contributed by atoms with Crippen molar-refractivity contribution < 1.29 is 14.1 Å². The van der Waals surface area contributed by atoms with E-state index in [9.17, 15) is 9.59 Å². The summed E-state index contributed by atoms with van der Waals surface area (Å²) in [5, 5.41) is 7.32. The van der Waals surface area contributed by atoms with Gasteiger partial charge in [0.05, 0.1) is 16.6 Å². The number of benzene rings is 1. The van der Waals surface area contributed by atoms with Crippen molar-refractivity contribution in [3.05, 3.63) is 52.1 Å². The number of nitrogens with one attached hydrogen (secondary N) is 1. The van der Waals surface area contributed by atoms with Gasteiger partial charge in [-0.1, -0.05) is 28.9 Å². The van der Waals surface area contributed by atoms with Gasteiger partial charge in [0, 0.05) is 25.8 Å². The first-order valence-electron chi connectivity index (χ1n) is 10.1. The summed E-state index contributed by atoms with van der Waals surface area (Å²) in [6, 6.07) is 7.83. The van der Waals surface area contributed by atoms with Crippen LogP contribution in [0.5, 0.6) is 0 Å². The van der Waals surface area contributed by atoms with E-state index < -0.39 is 0 Å². The third-order valence-corrected chi connectivity index (χ3v) is 6.16. The maximum atomic E-state index is 13.0. The molecule has 0 radical (unpaired) electrons. The van der Waals surface area contributed by atoms with Crippen molar-refractivity contribution in [2.24, 2.45) is 0 Å². The molecule has 9 nitrogen and oxygen atoms in total. The molecule has 0 aliphatic rings. The molecule has 1 amide bonds. The van der Waals surface area contributed by atoms with Crippen molar-refractivity contribution in [1.29, 1.82) is 0 Å². The summed E-state index contributed by atoms with van der Waals surface area (Å²) in [5.41, 5.74) is 2.38. The summed E-state index contributed by atoms with van der Waals surface area (Å²) in [6.45, 7) is 4.77. The van der Waals surface area contributed by atoms with Crippen LogP contribution in [0.4, 0.5) is 0 Å². The number of fused-ring (bicyclic) bond motifs is 1. The zero-order valence-corrected chi connectivity index (χ0v) is 18.9. The molecule has 0 aliphatic carbocycles. The fourth-order valence-electron chi connectivity index (χ4n) is 3.35. The van der Waals surface area contributed by atoms with E-state index in [0.29, 0.717) is 51.9 Å². The molecule has 4 aromatic rings. The Bertz CT molecular complexity index is 1320. The van der Waals surface area contributed by atoms with E-state index in [1.165, 1.54) is 22.2 Å². The van der Waals surface area contributed by atoms with Crippen LogP contribution in [-0.2, 0) is 16.1 Å². The maximum Gasteiger partial charge on any atom is 0.268 e. The van der Waals surface area contributed by atoms with Gasteiger partial charge >= 0.3 is 0 Å². The van der Waals surface area contributed by atoms with Crippen molar-refractivity contribution in [2.75, 3.05) is 20.3 Å². The van der Waals surface area contributed by atoms with Crippen molar-refractivity contribution in [3.63, 3.8) is 0 Å². The smallest absolute Gasteiger partial charge is 0.268 e. The average molecular weight is 454 g/mol. The molecule has 0 fully saturated rings. The Hall–Kier alpha value is -3.37. The lowest BCUT2D eigenvalue weighted by atomic mass is 10.1. The quantitative estimate of drug-likeness (QED) is 0.408. The van der Waals surface area contributed by atoms with Gasteiger partial charge in [0.25, 0.3) is 11.4 Å². The molecule has 0 bridgehead atoms. The Kier molecular flexibility index (Phi) is 6.42. The minimum Gasteiger partial charge on any atom is -0.385 e. The highest BCUT2D eigenvalue weighted by atomic mass is 32.1. The minimum atomic E-state index is -0.277. The fraction of sp³-hybridized carbons (Fsp3) is 0.318. The number of aromatic nitrogens is 4. The highest BCUT2D eigenvalue weighted by Crippen LogP contribution is 2.35. The summed E-state index contributed by atoms with van der Waals surface area (Å²) >= 11 is 1.31. The lowest BCUT2D eigenvalue weighted by Gasteiger charge is -2.07. The van der Waals surface area contributed by atoms with Crippen LogP contribution in [0.3, 0.4) is 0 Å². The third-order valence-electron chi connectivity index (χ3n) is 4.98. The van der Waals surface area contributed by atoms with E-state index in [4.69, 9.17) is 9.26 Å². The molecule has 0 atom stereocenters. The molecule has 1 aromatic carbocycles. The second kappa shape index (κ2) is 9.41. The Morgan fingerprint density at radius 1 is 1.31 bits per heavy atom. The number of aryl methyl sites for hydroxylation is 2. The van der Waals surface area contributed by atoms with Crippen LogP contribution in [0.15, 0.2) is 39.9 Å². The third kappa shape index (κ3) is 4.46. The SMILES string of the molecule is COCCCNC(=O)Cn1cnc2sc(-c3nc(-c4cccc(C)c4)no3)c(C)c2c1=O. The van der Waals surface area contributed by atoms with Crippen LogP contribution < -0.4 is 10.9 Å². The normalized spacial score (nSPS) is 11.2. The molecule has 1 N–H and O–H groups in total. The number of ether oxygens (including phenoxy) is 1. The van der Waals surface area contributed by atoms with Crippen molar-refractivity contribution >= 4 is 27.5 Å². The molecular weight excluding hydrogens is 430 g/mol. The maximum absolute atomic E-state index is 13.0. The fourth-order valence-corrected chi connectivity index (χ4v) is 4.41. The van der Waals surface area contributed by atoms with Gasteiger partial charge in [-0.15, -0.1) is 11.3 Å². The zero-order valence-electron chi connectivity index (χ0n) is 18.0. The van der Waals surface area contributed by atoms with Crippen LogP contribution >= 0.6 is 11.3 Å². The lowest BCUT2D eigenvalue weighted by molar-refractivity contribution is -0.121. The van der Waals surface area contributed by atoms with Gasteiger partial charge in [0.2, 0.25) is 11.7 Å². The number of thiophene rings is 1. The molecule has 166 valence electrons. The summed E-state index contributed by atoms with van der Waals surface area (Å²) in [5.74, 6) is 0.567. The summed E-state index contributed by atoms with van der Waals surface area (Å²) in [6.07, 6.45) is 2.10. The Balaban J connectivity index is 1.60. The first-order valence-corrected chi connectivity index (χ1v) is 10.9. The van der Waals surface area contributed by atoms with Crippen LogP contribution in [-0.4, -0.2) is 45.9 Å². The predicted octanol–water partition coefficient (Wildman–Crippen LogP) is 2.94. The average Bonchev–Trinajstić information content (AvgIpc) is 3.38. The molecule has 4 rings (SSSR count). The molecule has 0 unspecified atom stereocenters. The Morgan fingerprint density at radius 3 is 2.94 bits per heavy atom. The van der Waals surface area contributed by atoms with Crippen LogP contribution in [0.25, 0.3) is 32.4 Å². The molecule has 3 aromatic heterocycles. The first kappa shape index (κ1) is 21.8. The number of carbonyl (C=O) groups excluding carboxylic acids is 1. The standard InChI is InChI=1S/C22H23N5O4S/c1-13-6-4-7-15(10-13)19-25-20(31-26-19)18-14(2)17-21(32-18)24-12-27(22(17)29)11-16(28)23-8-5-9-30-3/h4,6-7,10,12H,5,8-9,11H2,1-3H3,(H,23,28). The van der Waals surface area contributed by atoms with Gasteiger partial charge in [0.1, 0.15) is 11.4 Å². The van der Waals surface area contributed by atoms with Crippen LogP contribution in [0.2, 0.25) is 0 Å². The van der Waals surface area contributed by atoms with Crippen LogP contribution in [0, 0.1) is 13.8 Å². The number of methoxy groups -OCH3 is 1. The van der Waals surface area contributed by atoms with E-state index >= 15 is 0 Å². The molecule has 0 saturated heterocycles. The van der Waals surface area contributed by atoms with E-state index in [2.05, 4.69) is 20.4 Å². The highest BCUT2D eigenvalue weighted by molar-refractivity contribution is 7.22. The van der Waals surface area contributed by atoms with E-state index in [1.807, 2.05) is 38.1 Å². The summed E-state index contributed by atoms with van der Waals surface area (Å²) < 4.78 is 11.8. The summed E-state index contributed by atoms with van der Waals surface area (Å²) in [7, 11) is 1.61. The highest BCUT2D eigenvalue weighted by Gasteiger charge is 2.21.